The summed E-state index contributed by atoms with van der Waals surface area (Å²) in [6, 6.07) is 85.7. The van der Waals surface area contributed by atoms with Crippen molar-refractivity contribution >= 4 is 161 Å². The van der Waals surface area contributed by atoms with Gasteiger partial charge in [0.05, 0.1) is 39.8 Å². The number of hydrogen-bond acceptors (Lipinski definition) is 13. The summed E-state index contributed by atoms with van der Waals surface area (Å²) in [6.07, 6.45) is 5.33. The molecule has 21 nitrogen and oxygen atoms in total. The van der Waals surface area contributed by atoms with Gasteiger partial charge in [-0.05, 0) is 63.9 Å². The molecule has 0 heterocycles. The van der Waals surface area contributed by atoms with Crippen LogP contribution in [0.2, 0.25) is 0 Å². The first-order chi connectivity index (χ1) is 46.7. The second kappa shape index (κ2) is 32.9. The van der Waals surface area contributed by atoms with Crippen molar-refractivity contribution in [2.75, 3.05) is 63.4 Å². The van der Waals surface area contributed by atoms with Crippen LogP contribution in [0.3, 0.4) is 0 Å². The van der Waals surface area contributed by atoms with Crippen molar-refractivity contribution in [1.82, 2.24) is 43.0 Å². The Morgan fingerprint density at radius 2 is 0.398 bits per heavy atom. The molecule has 512 valence electrons. The van der Waals surface area contributed by atoms with Gasteiger partial charge in [-0.25, -0.2) is 27.9 Å². The van der Waals surface area contributed by atoms with E-state index in [9.17, 15) is 0 Å². The predicted octanol–water partition coefficient (Wildman–Crippen LogP) is 9.05. The summed E-state index contributed by atoms with van der Waals surface area (Å²) in [5, 5.41) is 24.1. The Bertz CT molecular complexity index is 4010. The van der Waals surface area contributed by atoms with Gasteiger partial charge in [0.15, 0.2) is 0 Å². The topological polar surface area (TPSA) is 259 Å². The van der Waals surface area contributed by atoms with E-state index in [4.69, 9.17) is 111 Å². The van der Waals surface area contributed by atoms with Gasteiger partial charge in [0.25, 0.3) is 6.49 Å². The van der Waals surface area contributed by atoms with Crippen LogP contribution in [-0.4, -0.2) is 125 Å². The molecule has 0 aromatic heterocycles. The molecule has 0 saturated carbocycles. The lowest BCUT2D eigenvalue weighted by atomic mass is 10.2. The van der Waals surface area contributed by atoms with Crippen molar-refractivity contribution in [2.45, 2.75) is 0 Å². The molecule has 9 aromatic carbocycles. The molecule has 0 amide bonds. The summed E-state index contributed by atoms with van der Waals surface area (Å²) >= 11 is 25.8. The van der Waals surface area contributed by atoms with Crippen LogP contribution < -0.4 is 82.8 Å². The Labute approximate surface area is 598 Å². The number of hydrazine groups is 6. The molecule has 9 aromatic rings. The van der Waals surface area contributed by atoms with Crippen molar-refractivity contribution in [2.24, 2.45) is 63.9 Å². The van der Waals surface area contributed by atoms with Crippen LogP contribution in [0.15, 0.2) is 284 Å². The summed E-state index contributed by atoms with van der Waals surface area (Å²) in [6.45, 7) is -12.5. The van der Waals surface area contributed by atoms with E-state index in [0.717, 1.165) is 64.4 Å². The molecular formula is C66H84N21P7S4. The summed E-state index contributed by atoms with van der Waals surface area (Å²) in [5.74, 6) is 39.4. The summed E-state index contributed by atoms with van der Waals surface area (Å²) in [4.78, 5) is 0. The van der Waals surface area contributed by atoms with Gasteiger partial charge in [-0.3, -0.25) is 35.1 Å². The first-order valence-corrected chi connectivity index (χ1v) is 46.4. The van der Waals surface area contributed by atoms with Crippen molar-refractivity contribution in [1.29, 1.82) is 0 Å². The van der Waals surface area contributed by atoms with E-state index < -0.39 is 47.1 Å². The lowest BCUT2D eigenvalue weighted by Crippen LogP contribution is -2.35. The first-order valence-electron chi connectivity index (χ1n) is 30.5. The zero-order valence-corrected chi connectivity index (χ0v) is 65.4. The molecule has 0 aliphatic carbocycles. The second-order valence-electron chi connectivity index (χ2n) is 22.7. The van der Waals surface area contributed by atoms with E-state index >= 15 is 0 Å². The van der Waals surface area contributed by atoms with Crippen LogP contribution in [0, 0.1) is 0 Å². The SMILES string of the molecule is CN(N)P(=S)(N=P(c1ccccc1)(c1ccccc1)c1ccc(/C=N/N(C)P(=S)(N(C)/N=C/c2ccc(P(=NP(=S)(N(C)N)N(C)N)(c3ccccc3)c3ccccc3)cc2)N(C)/N=C/c2ccc(P(=NP(=S)(N(C)N)N(C)N)(c3ccccc3)c3ccccc3)cc2)cc1)N(C)N. The highest BCUT2D eigenvalue weighted by Gasteiger charge is 2.38. The number of hydrazone groups is 3. The smallest absolute Gasteiger partial charge is 0.262 e. The maximum atomic E-state index is 6.85. The lowest BCUT2D eigenvalue weighted by Gasteiger charge is -2.39. The first kappa shape index (κ1) is 76.4. The third-order valence-electron chi connectivity index (χ3n) is 16.1. The monoisotopic (exact) mass is 1520 g/mol. The minimum Gasteiger partial charge on any atom is -0.262 e. The second-order valence-corrected chi connectivity index (χ2v) is 48.8. The highest BCUT2D eigenvalue weighted by Crippen LogP contribution is 2.64. The molecule has 0 spiro atoms. The zero-order chi connectivity index (χ0) is 70.7. The normalized spacial score (nSPS) is 13.0. The molecule has 0 radical (unpaired) electrons. The molecule has 0 aliphatic heterocycles. The van der Waals surface area contributed by atoms with Crippen molar-refractivity contribution < 1.29 is 0 Å². The standard InChI is InChI=1S/C66H84N21P7S4/c1-79(67)91(95,80(2)68)76-88(58-28-16-10-17-29-58,59-30-18-11-19-31-59)64-46-40-55(41-47-64)52-73-85(7)94(98,86(8)74-53-56-42-48-65(49-43-56)89(60-32-20-12-21-33-60,61-34-22-13-23-35-61)77-92(96,81(3)69)82(4)70)87(9)75-54-57-44-50-66(51-45-57)90(62-36-24-14-25-37-62,63-38-26-15-27-39-63)78-93(97,83(5)71)84(6)72/h10-54H,67-72H2,1-9H3/b73-52+,74-53+,75-54+. The molecule has 0 fully saturated rings. The molecule has 32 heteroatoms. The van der Waals surface area contributed by atoms with Gasteiger partial charge in [0.2, 0.25) is 19.5 Å². The van der Waals surface area contributed by atoms with E-state index in [0.29, 0.717) is 0 Å². The lowest BCUT2D eigenvalue weighted by molar-refractivity contribution is 0.417. The molecular weight excluding hydrogens is 1430 g/mol. The van der Waals surface area contributed by atoms with E-state index in [2.05, 4.69) is 109 Å². The van der Waals surface area contributed by atoms with Crippen LogP contribution in [-0.2, 0) is 47.2 Å². The van der Waals surface area contributed by atoms with Crippen LogP contribution in [0.4, 0.5) is 0 Å². The molecule has 0 saturated heterocycles. The zero-order valence-electron chi connectivity index (χ0n) is 55.9. The highest BCUT2D eigenvalue weighted by atomic mass is 32.5. The number of benzene rings is 9. The largest absolute Gasteiger partial charge is 0.265 e. The van der Waals surface area contributed by atoms with Gasteiger partial charge in [-0.2, -0.15) is 44.0 Å². The highest BCUT2D eigenvalue weighted by molar-refractivity contribution is 8.15. The predicted molar refractivity (Wildman–Crippen MR) is 438 cm³/mol. The Kier molecular flexibility index (Phi) is 25.6. The molecule has 0 unspecified atom stereocenters. The quantitative estimate of drug-likeness (QED) is 0.0121. The number of rotatable bonds is 27. The Morgan fingerprint density at radius 1 is 0.245 bits per heavy atom. The van der Waals surface area contributed by atoms with Gasteiger partial charge in [0.1, 0.15) is 0 Å². The molecule has 0 atom stereocenters. The van der Waals surface area contributed by atoms with E-state index in [-0.39, 0.29) is 0 Å². The van der Waals surface area contributed by atoms with E-state index in [1.54, 1.807) is 75.3 Å². The van der Waals surface area contributed by atoms with Gasteiger partial charge in [0, 0.05) is 111 Å². The van der Waals surface area contributed by atoms with Crippen LogP contribution >= 0.6 is 47.1 Å². The summed E-state index contributed by atoms with van der Waals surface area (Å²) in [5.41, 5.74) is 2.37. The Hall–Kier alpha value is -5.80. The molecule has 0 bridgehead atoms. The molecule has 98 heavy (non-hydrogen) atoms. The minimum absolute atomic E-state index is 0.789. The summed E-state index contributed by atoms with van der Waals surface area (Å²) < 4.78 is 31.0. The maximum absolute atomic E-state index is 6.85. The molecule has 9 rings (SSSR count). The van der Waals surface area contributed by atoms with Gasteiger partial charge >= 0.3 is 0 Å². The van der Waals surface area contributed by atoms with Gasteiger partial charge in [-0.15, -0.1) is 0 Å². The Balaban J connectivity index is 1.14. The summed E-state index contributed by atoms with van der Waals surface area (Å²) in [7, 11) is 7.15. The van der Waals surface area contributed by atoms with E-state index in [1.807, 2.05) is 167 Å². The van der Waals surface area contributed by atoms with Crippen molar-refractivity contribution in [3.63, 3.8) is 0 Å². The Morgan fingerprint density at radius 3 is 0.551 bits per heavy atom. The van der Waals surface area contributed by atoms with Crippen LogP contribution in [0.1, 0.15) is 16.7 Å². The third kappa shape index (κ3) is 15.8. The van der Waals surface area contributed by atoms with Crippen LogP contribution in [0.25, 0.3) is 0 Å². The maximum Gasteiger partial charge on any atom is 0.265 e. The van der Waals surface area contributed by atoms with Gasteiger partial charge < -0.3 is 0 Å². The fourth-order valence-corrected chi connectivity index (χ4v) is 36.1. The molecule has 0 aliphatic rings. The number of nitrogens with zero attached hydrogens (tertiary/aromatic N) is 15. The third-order valence-corrected chi connectivity index (χ3v) is 47.7. The van der Waals surface area contributed by atoms with Gasteiger partial charge in [-0.1, -0.05) is 255 Å². The average molecular weight is 1520 g/mol. The fourth-order valence-electron chi connectivity index (χ4n) is 10.8. The number of hydrogen-bond donors (Lipinski definition) is 6. The fraction of sp³-hybridized carbons (Fsp3) is 0.136. The number of nitrogens with two attached hydrogens (primary N) is 6. The van der Waals surface area contributed by atoms with Crippen molar-refractivity contribution in [3.8, 4) is 0 Å². The average Bonchev–Trinajstić information content (AvgIpc) is 0.742. The van der Waals surface area contributed by atoms with Crippen LogP contribution in [0.5, 0.6) is 0 Å². The minimum atomic E-state index is -3.29. The van der Waals surface area contributed by atoms with Crippen molar-refractivity contribution in [3.05, 3.63) is 271 Å². The molecule has 12 N–H and O–H groups in total. The van der Waals surface area contributed by atoms with E-state index in [1.165, 1.54) is 28.7 Å².